The molecule has 8 nitrogen and oxygen atoms in total. The zero-order valence-corrected chi connectivity index (χ0v) is 24.5. The molecule has 3 rings (SSSR count). The number of carbonyl (C=O) groups is 2. The van der Waals surface area contributed by atoms with Crippen molar-refractivity contribution in [3.05, 3.63) is 93.5 Å². The molecular formula is C30H32Cl2F2N2O6. The number of nitrogens with one attached hydrogen (secondary N) is 1. The number of amides is 2. The molecule has 0 aliphatic heterocycles. The third-order valence-corrected chi connectivity index (χ3v) is 6.46. The van der Waals surface area contributed by atoms with Crippen LogP contribution >= 0.6 is 23.2 Å². The van der Waals surface area contributed by atoms with Crippen LogP contribution in [-0.2, 0) is 22.5 Å². The maximum absolute atomic E-state index is 14.0. The van der Waals surface area contributed by atoms with Crippen molar-refractivity contribution in [2.75, 3.05) is 32.9 Å². The van der Waals surface area contributed by atoms with Gasteiger partial charge in [0, 0.05) is 47.8 Å². The van der Waals surface area contributed by atoms with Crippen LogP contribution < -0.4 is 14.8 Å². The fourth-order valence-corrected chi connectivity index (χ4v) is 4.45. The van der Waals surface area contributed by atoms with E-state index in [9.17, 15) is 23.5 Å². The van der Waals surface area contributed by atoms with Crippen LogP contribution in [0.2, 0.25) is 10.0 Å². The fourth-order valence-electron chi connectivity index (χ4n) is 3.95. The van der Waals surface area contributed by atoms with Gasteiger partial charge in [0.05, 0.1) is 13.2 Å². The Bertz CT molecular complexity index is 1310. The van der Waals surface area contributed by atoms with Crippen LogP contribution in [-0.4, -0.2) is 61.0 Å². The number of urea groups is 1. The molecule has 3 aromatic rings. The molecule has 0 fully saturated rings. The maximum Gasteiger partial charge on any atom is 0.333 e. The predicted octanol–water partition coefficient (Wildman–Crippen LogP) is 6.36. The largest absolute Gasteiger partial charge is 0.493 e. The smallest absolute Gasteiger partial charge is 0.333 e. The Hall–Kier alpha value is -3.60. The molecule has 0 aliphatic rings. The maximum atomic E-state index is 14.0. The topological polar surface area (TPSA) is 97.3 Å². The molecule has 1 atom stereocenters. The van der Waals surface area contributed by atoms with E-state index in [4.69, 9.17) is 37.4 Å². The Morgan fingerprint density at radius 3 is 2.26 bits per heavy atom. The lowest BCUT2D eigenvalue weighted by atomic mass is 10.1. The minimum Gasteiger partial charge on any atom is -0.493 e. The zero-order valence-electron chi connectivity index (χ0n) is 23.0. The van der Waals surface area contributed by atoms with Gasteiger partial charge in [-0.2, -0.15) is 0 Å². The summed E-state index contributed by atoms with van der Waals surface area (Å²) in [6, 6.07) is 14.5. The molecular weight excluding hydrogens is 593 g/mol. The van der Waals surface area contributed by atoms with E-state index in [1.165, 1.54) is 11.0 Å². The van der Waals surface area contributed by atoms with Crippen molar-refractivity contribution in [2.24, 2.45) is 0 Å². The van der Waals surface area contributed by atoms with Gasteiger partial charge in [-0.1, -0.05) is 41.4 Å². The first-order chi connectivity index (χ1) is 20.1. The van der Waals surface area contributed by atoms with Gasteiger partial charge in [0.25, 0.3) is 0 Å². The van der Waals surface area contributed by atoms with Gasteiger partial charge in [-0.3, -0.25) is 0 Å². The lowest BCUT2D eigenvalue weighted by molar-refractivity contribution is -0.149. The van der Waals surface area contributed by atoms with E-state index >= 15 is 0 Å². The Kier molecular flexibility index (Phi) is 13.1. The highest BCUT2D eigenvalue weighted by Crippen LogP contribution is 2.24. The first kappa shape index (κ1) is 32.9. The molecule has 42 heavy (non-hydrogen) atoms. The fraction of sp³-hybridized carbons (Fsp3) is 0.333. The van der Waals surface area contributed by atoms with Crippen LogP contribution in [0, 0.1) is 11.6 Å². The van der Waals surface area contributed by atoms with Gasteiger partial charge >= 0.3 is 12.0 Å². The van der Waals surface area contributed by atoms with Gasteiger partial charge in [-0.25, -0.2) is 18.4 Å². The minimum absolute atomic E-state index is 0.125. The van der Waals surface area contributed by atoms with Crippen molar-refractivity contribution in [3.8, 4) is 11.5 Å². The quantitative estimate of drug-likeness (QED) is 0.180. The number of aliphatic carboxylic acids is 1. The first-order valence-corrected chi connectivity index (χ1v) is 14.0. The third kappa shape index (κ3) is 11.0. The first-order valence-electron chi connectivity index (χ1n) is 13.3. The normalized spacial score (nSPS) is 11.5. The summed E-state index contributed by atoms with van der Waals surface area (Å²) < 4.78 is 44.0. The minimum atomic E-state index is -1.03. The predicted molar refractivity (Wildman–Crippen MR) is 155 cm³/mol. The van der Waals surface area contributed by atoms with E-state index in [-0.39, 0.29) is 38.3 Å². The summed E-state index contributed by atoms with van der Waals surface area (Å²) in [4.78, 5) is 25.8. The number of halogens is 4. The molecule has 0 aliphatic carbocycles. The Morgan fingerprint density at radius 1 is 0.929 bits per heavy atom. The van der Waals surface area contributed by atoms with E-state index in [0.717, 1.165) is 17.7 Å². The average molecular weight is 625 g/mol. The number of benzene rings is 3. The highest BCUT2D eigenvalue weighted by atomic mass is 35.5. The van der Waals surface area contributed by atoms with Crippen LogP contribution in [0.1, 0.15) is 24.5 Å². The Labute approximate surface area is 253 Å². The molecule has 0 saturated carbocycles. The van der Waals surface area contributed by atoms with E-state index in [1.54, 1.807) is 49.4 Å². The van der Waals surface area contributed by atoms with E-state index < -0.39 is 29.7 Å². The average Bonchev–Trinajstić information content (AvgIpc) is 2.93. The van der Waals surface area contributed by atoms with Crippen molar-refractivity contribution >= 4 is 35.2 Å². The van der Waals surface area contributed by atoms with Crippen molar-refractivity contribution < 1.29 is 37.7 Å². The molecule has 226 valence electrons. The van der Waals surface area contributed by atoms with Crippen molar-refractivity contribution in [3.63, 3.8) is 0 Å². The van der Waals surface area contributed by atoms with Gasteiger partial charge in [0.2, 0.25) is 0 Å². The highest BCUT2D eigenvalue weighted by molar-refractivity contribution is 6.34. The zero-order chi connectivity index (χ0) is 30.5. The van der Waals surface area contributed by atoms with Gasteiger partial charge in [0.1, 0.15) is 29.7 Å². The summed E-state index contributed by atoms with van der Waals surface area (Å²) in [5, 5.41) is 12.8. The monoisotopic (exact) mass is 624 g/mol. The molecule has 0 radical (unpaired) electrons. The van der Waals surface area contributed by atoms with E-state index in [1.807, 2.05) is 0 Å². The molecule has 0 heterocycles. The Balaban J connectivity index is 1.56. The number of ether oxygens (including phenoxy) is 3. The molecule has 2 amide bonds. The molecule has 3 aromatic carbocycles. The lowest BCUT2D eigenvalue weighted by Gasteiger charge is -2.23. The molecule has 0 spiro atoms. The molecule has 0 saturated heterocycles. The van der Waals surface area contributed by atoms with Crippen LogP contribution in [0.15, 0.2) is 60.7 Å². The van der Waals surface area contributed by atoms with Crippen LogP contribution in [0.25, 0.3) is 0 Å². The summed E-state index contributed by atoms with van der Waals surface area (Å²) in [6.07, 6.45) is -0.255. The highest BCUT2D eigenvalue weighted by Gasteiger charge is 2.18. The molecule has 1 unspecified atom stereocenters. The van der Waals surface area contributed by atoms with Crippen LogP contribution in [0.5, 0.6) is 11.5 Å². The summed E-state index contributed by atoms with van der Waals surface area (Å²) >= 11 is 12.0. The van der Waals surface area contributed by atoms with Gasteiger partial charge in [-0.05, 0) is 55.3 Å². The molecule has 2 N–H and O–H groups in total. The second-order valence-electron chi connectivity index (χ2n) is 9.17. The SMILES string of the molecule is CCOC(Cc1ccc(OCCN(CCCOc2cc(Cl)cc(Cl)c2)C(=O)NCc2ccc(F)cc2F)cc1)C(=O)O. The number of carbonyl (C=O) groups excluding carboxylic acids is 1. The van der Waals surface area contributed by atoms with Gasteiger partial charge in [0.15, 0.2) is 6.10 Å². The van der Waals surface area contributed by atoms with Crippen LogP contribution in [0.3, 0.4) is 0 Å². The number of hydrogen-bond donors (Lipinski definition) is 2. The van der Waals surface area contributed by atoms with Gasteiger partial charge in [-0.15, -0.1) is 0 Å². The van der Waals surface area contributed by atoms with Crippen molar-refractivity contribution in [2.45, 2.75) is 32.4 Å². The summed E-state index contributed by atoms with van der Waals surface area (Å²) in [6.45, 7) is 2.83. The van der Waals surface area contributed by atoms with Crippen molar-refractivity contribution in [1.82, 2.24) is 10.2 Å². The standard InChI is InChI=1S/C30H32Cl2F2N2O6/c1-2-40-28(29(37)38)14-20-4-8-25(9-5-20)42-13-11-36(10-3-12-41-26-16-22(31)15-23(32)17-26)30(39)35-19-21-6-7-24(33)18-27(21)34/h4-9,15-18,28H,2-3,10-14,19H2,1H3,(H,35,39)(H,37,38). The second kappa shape index (κ2) is 16.7. The summed E-state index contributed by atoms with van der Waals surface area (Å²) in [7, 11) is 0. The molecule has 0 aromatic heterocycles. The van der Waals surface area contributed by atoms with E-state index in [2.05, 4.69) is 5.32 Å². The molecule has 12 heteroatoms. The molecule has 0 bridgehead atoms. The van der Waals surface area contributed by atoms with E-state index in [0.29, 0.717) is 41.1 Å². The van der Waals surface area contributed by atoms with Crippen molar-refractivity contribution in [1.29, 1.82) is 0 Å². The summed E-state index contributed by atoms with van der Waals surface area (Å²) in [5.74, 6) is -1.45. The van der Waals surface area contributed by atoms with Gasteiger partial charge < -0.3 is 29.5 Å². The van der Waals surface area contributed by atoms with Crippen LogP contribution in [0.4, 0.5) is 13.6 Å². The third-order valence-electron chi connectivity index (χ3n) is 6.03. The number of carboxylic acids is 1. The number of carboxylic acid groups (broad SMARTS) is 1. The lowest BCUT2D eigenvalue weighted by Crippen LogP contribution is -2.42. The second-order valence-corrected chi connectivity index (χ2v) is 10.0. The number of rotatable bonds is 16. The summed E-state index contributed by atoms with van der Waals surface area (Å²) in [5.41, 5.74) is 0.926. The number of nitrogens with zero attached hydrogens (tertiary/aromatic N) is 1. The Morgan fingerprint density at radius 2 is 1.62 bits per heavy atom. The number of hydrogen-bond acceptors (Lipinski definition) is 5.